The van der Waals surface area contributed by atoms with Crippen LogP contribution in [0.1, 0.15) is 24.6 Å². The van der Waals surface area contributed by atoms with E-state index in [0.29, 0.717) is 12.7 Å². The molecule has 0 bridgehead atoms. The van der Waals surface area contributed by atoms with Crippen molar-refractivity contribution < 1.29 is 9.53 Å². The lowest BCUT2D eigenvalue weighted by Gasteiger charge is -2.40. The average molecular weight is 374 g/mol. The molecule has 2 saturated heterocycles. The molecule has 1 atom stereocenters. The zero-order valence-electron chi connectivity index (χ0n) is 15.5. The Balaban J connectivity index is 1.15. The van der Waals surface area contributed by atoms with E-state index < -0.39 is 0 Å². The maximum absolute atomic E-state index is 11.7. The van der Waals surface area contributed by atoms with E-state index in [9.17, 15) is 4.79 Å². The maximum atomic E-state index is 11.7. The summed E-state index contributed by atoms with van der Waals surface area (Å²) >= 11 is 0. The van der Waals surface area contributed by atoms with Crippen LogP contribution < -0.4 is 5.32 Å². The lowest BCUT2D eigenvalue weighted by molar-refractivity contribution is 0.000627. The molecule has 0 aromatic carbocycles. The molecular weight excluding hydrogens is 348 g/mol. The predicted molar refractivity (Wildman–Crippen MR) is 97.4 cm³/mol. The molecule has 1 unspecified atom stereocenters. The first-order valence-corrected chi connectivity index (χ1v) is 9.85. The molecular formula is C17H26N8O2. The second-order valence-corrected chi connectivity index (χ2v) is 7.57. The Morgan fingerprint density at radius 3 is 2.78 bits per heavy atom. The number of hydrogen-bond donors (Lipinski definition) is 1. The van der Waals surface area contributed by atoms with Crippen LogP contribution in [-0.4, -0.2) is 89.2 Å². The molecule has 2 amide bonds. The number of azo groups is 1. The fraction of sp³-hybridized carbons (Fsp3) is 0.765. The van der Waals surface area contributed by atoms with Gasteiger partial charge in [0.05, 0.1) is 38.2 Å². The predicted octanol–water partition coefficient (Wildman–Crippen LogP) is 0.949. The fourth-order valence-electron chi connectivity index (χ4n) is 4.51. The highest BCUT2D eigenvalue weighted by molar-refractivity contribution is 5.78. The molecule has 0 aliphatic carbocycles. The van der Waals surface area contributed by atoms with Gasteiger partial charge in [-0.25, -0.2) is 9.48 Å². The Bertz CT molecular complexity index is 721. The highest BCUT2D eigenvalue weighted by Gasteiger charge is 2.37. The summed E-state index contributed by atoms with van der Waals surface area (Å²) in [6.45, 7) is 8.43. The number of likely N-dealkylation sites (tertiary alicyclic amines) is 1. The SMILES string of the molecule is O=C1N=NC2c3cnn(CCN4CCC(N5CCOCC5)CC4)c3NCN12. The molecule has 146 valence electrons. The summed E-state index contributed by atoms with van der Waals surface area (Å²) in [7, 11) is 0. The molecule has 0 spiro atoms. The summed E-state index contributed by atoms with van der Waals surface area (Å²) < 4.78 is 7.47. The first-order chi connectivity index (χ1) is 13.3. The molecule has 2 fully saturated rings. The quantitative estimate of drug-likeness (QED) is 0.844. The van der Waals surface area contributed by atoms with Crippen LogP contribution in [0.5, 0.6) is 0 Å². The van der Waals surface area contributed by atoms with Crippen molar-refractivity contribution >= 4 is 11.8 Å². The van der Waals surface area contributed by atoms with Gasteiger partial charge < -0.3 is 15.0 Å². The number of anilines is 1. The molecule has 0 saturated carbocycles. The monoisotopic (exact) mass is 374 g/mol. The second kappa shape index (κ2) is 7.17. The second-order valence-electron chi connectivity index (χ2n) is 7.57. The van der Waals surface area contributed by atoms with Gasteiger partial charge in [-0.3, -0.25) is 9.80 Å². The van der Waals surface area contributed by atoms with Gasteiger partial charge in [-0.05, 0) is 25.9 Å². The van der Waals surface area contributed by atoms with Crippen molar-refractivity contribution in [3.63, 3.8) is 0 Å². The summed E-state index contributed by atoms with van der Waals surface area (Å²) in [6.07, 6.45) is 3.96. The third kappa shape index (κ3) is 3.21. The molecule has 4 aliphatic heterocycles. The number of ether oxygens (including phenoxy) is 1. The smallest absolute Gasteiger partial charge is 0.365 e. The largest absolute Gasteiger partial charge is 0.379 e. The first kappa shape index (κ1) is 17.1. The van der Waals surface area contributed by atoms with Crippen LogP contribution in [0.2, 0.25) is 0 Å². The Morgan fingerprint density at radius 1 is 1.15 bits per heavy atom. The van der Waals surface area contributed by atoms with Crippen molar-refractivity contribution in [1.29, 1.82) is 0 Å². The number of morpholine rings is 1. The van der Waals surface area contributed by atoms with Crippen LogP contribution in [0, 0.1) is 0 Å². The Kier molecular flexibility index (Phi) is 4.54. The van der Waals surface area contributed by atoms with Crippen LogP contribution in [0.4, 0.5) is 10.6 Å². The summed E-state index contributed by atoms with van der Waals surface area (Å²) in [5.74, 6) is 0.966. The van der Waals surface area contributed by atoms with Gasteiger partial charge in [0.15, 0.2) is 6.17 Å². The minimum absolute atomic E-state index is 0.283. The third-order valence-corrected chi connectivity index (χ3v) is 6.10. The van der Waals surface area contributed by atoms with Gasteiger partial charge in [-0.15, -0.1) is 0 Å². The van der Waals surface area contributed by atoms with Crippen LogP contribution in [0.3, 0.4) is 0 Å². The number of urea groups is 1. The molecule has 4 aliphatic rings. The fourth-order valence-corrected chi connectivity index (χ4v) is 4.51. The van der Waals surface area contributed by atoms with Crippen LogP contribution in [-0.2, 0) is 11.3 Å². The number of rotatable bonds is 4. The summed E-state index contributed by atoms with van der Waals surface area (Å²) in [5.41, 5.74) is 0.932. The number of carbonyl (C=O) groups excluding carboxylic acids is 1. The van der Waals surface area contributed by atoms with Gasteiger partial charge >= 0.3 is 6.03 Å². The van der Waals surface area contributed by atoms with Gasteiger partial charge in [0.25, 0.3) is 0 Å². The van der Waals surface area contributed by atoms with Crippen molar-refractivity contribution in [2.45, 2.75) is 31.6 Å². The molecule has 5 rings (SSSR count). The zero-order valence-corrected chi connectivity index (χ0v) is 15.5. The normalized spacial score (nSPS) is 26.9. The van der Waals surface area contributed by atoms with E-state index in [1.807, 2.05) is 4.68 Å². The van der Waals surface area contributed by atoms with E-state index in [2.05, 4.69) is 30.4 Å². The van der Waals surface area contributed by atoms with Crippen molar-refractivity contribution in [3.8, 4) is 0 Å². The number of carbonyl (C=O) groups is 1. The highest BCUT2D eigenvalue weighted by atomic mass is 16.5. The number of hydrogen-bond acceptors (Lipinski definition) is 7. The van der Waals surface area contributed by atoms with E-state index in [4.69, 9.17) is 4.74 Å². The van der Waals surface area contributed by atoms with Gasteiger partial charge in [0, 0.05) is 25.7 Å². The number of fused-ring (bicyclic) bond motifs is 3. The van der Waals surface area contributed by atoms with Gasteiger partial charge in [0.2, 0.25) is 0 Å². The Labute approximate surface area is 158 Å². The van der Waals surface area contributed by atoms with Crippen molar-refractivity contribution in [2.24, 2.45) is 10.2 Å². The molecule has 0 radical (unpaired) electrons. The molecule has 10 heteroatoms. The minimum Gasteiger partial charge on any atom is -0.379 e. The van der Waals surface area contributed by atoms with E-state index in [-0.39, 0.29) is 12.2 Å². The van der Waals surface area contributed by atoms with Crippen LogP contribution >= 0.6 is 0 Å². The number of piperidine rings is 1. The van der Waals surface area contributed by atoms with Crippen LogP contribution in [0.15, 0.2) is 16.4 Å². The Morgan fingerprint density at radius 2 is 1.96 bits per heavy atom. The molecule has 10 nitrogen and oxygen atoms in total. The van der Waals surface area contributed by atoms with E-state index >= 15 is 0 Å². The standard InChI is InChI=1S/C17H26N8O2/c26-17-21-20-16-14-11-19-25(15(14)18-12-24(16)17)6-5-22-3-1-13(2-4-22)23-7-9-27-10-8-23/h11,13,16,18H,1-10,12H2. The number of amides is 2. The van der Waals surface area contributed by atoms with Gasteiger partial charge in [0.1, 0.15) is 5.82 Å². The molecule has 1 N–H and O–H groups in total. The Hall–Kier alpha value is -2.04. The third-order valence-electron chi connectivity index (χ3n) is 6.10. The van der Waals surface area contributed by atoms with Gasteiger partial charge in [-0.1, -0.05) is 5.11 Å². The minimum atomic E-state index is -0.313. The van der Waals surface area contributed by atoms with Crippen molar-refractivity contribution in [3.05, 3.63) is 11.8 Å². The zero-order chi connectivity index (χ0) is 18.2. The van der Waals surface area contributed by atoms with Gasteiger partial charge in [-0.2, -0.15) is 10.2 Å². The summed E-state index contributed by atoms with van der Waals surface area (Å²) in [4.78, 5) is 18.4. The lowest BCUT2D eigenvalue weighted by atomic mass is 10.0. The molecule has 1 aromatic heterocycles. The van der Waals surface area contributed by atoms with Crippen molar-refractivity contribution in [1.82, 2.24) is 24.5 Å². The molecule has 5 heterocycles. The highest BCUT2D eigenvalue weighted by Crippen LogP contribution is 2.36. The summed E-state index contributed by atoms with van der Waals surface area (Å²) in [5, 5.41) is 15.6. The first-order valence-electron chi connectivity index (χ1n) is 9.85. The van der Waals surface area contributed by atoms with E-state index in [1.54, 1.807) is 11.1 Å². The van der Waals surface area contributed by atoms with E-state index in [1.165, 1.54) is 12.8 Å². The lowest BCUT2D eigenvalue weighted by Crippen LogP contribution is -2.49. The average Bonchev–Trinajstić information content (AvgIpc) is 3.31. The van der Waals surface area contributed by atoms with E-state index in [0.717, 1.165) is 63.9 Å². The topological polar surface area (TPSA) is 90.6 Å². The van der Waals surface area contributed by atoms with Crippen LogP contribution in [0.25, 0.3) is 0 Å². The summed E-state index contributed by atoms with van der Waals surface area (Å²) in [6, 6.07) is 0.426. The molecule has 27 heavy (non-hydrogen) atoms. The number of nitrogens with zero attached hydrogens (tertiary/aromatic N) is 7. The number of aromatic nitrogens is 2. The van der Waals surface area contributed by atoms with Crippen molar-refractivity contribution in [2.75, 3.05) is 57.9 Å². The number of nitrogens with one attached hydrogen (secondary N) is 1. The molecule has 1 aromatic rings. The maximum Gasteiger partial charge on any atom is 0.365 e.